The van der Waals surface area contributed by atoms with Crippen LogP contribution in [0.15, 0.2) is 46.3 Å². The van der Waals surface area contributed by atoms with Crippen molar-refractivity contribution in [2.24, 2.45) is 4.99 Å². The van der Waals surface area contributed by atoms with E-state index in [0.29, 0.717) is 21.8 Å². The van der Waals surface area contributed by atoms with Crippen LogP contribution in [0.5, 0.6) is 11.5 Å². The lowest BCUT2D eigenvalue weighted by Crippen LogP contribution is -2.22. The molecule has 0 atom stereocenters. The minimum Gasteiger partial charge on any atom is -0.468 e. The van der Waals surface area contributed by atoms with E-state index in [0.717, 1.165) is 4.70 Å². The predicted octanol–water partition coefficient (Wildman–Crippen LogP) is 2.14. The summed E-state index contributed by atoms with van der Waals surface area (Å²) in [5.41, 5.74) is 0.877. The number of fused-ring (bicyclic) bond motifs is 2. The molecule has 0 aliphatic carbocycles. The van der Waals surface area contributed by atoms with E-state index in [4.69, 9.17) is 14.2 Å². The van der Waals surface area contributed by atoms with Crippen molar-refractivity contribution in [3.8, 4) is 11.5 Å². The molecule has 0 saturated carbocycles. The molecule has 0 radical (unpaired) electrons. The second kappa shape index (κ2) is 8.16. The minimum absolute atomic E-state index is 0.0304. The molecule has 0 spiro atoms. The second-order valence-corrected chi connectivity index (χ2v) is 9.85. The van der Waals surface area contributed by atoms with Crippen LogP contribution in [0, 0.1) is 0 Å². The Morgan fingerprint density at radius 1 is 1.16 bits per heavy atom. The van der Waals surface area contributed by atoms with Crippen molar-refractivity contribution in [2.75, 3.05) is 19.7 Å². The molecule has 0 unspecified atom stereocenters. The van der Waals surface area contributed by atoms with Gasteiger partial charge in [-0.25, -0.2) is 8.42 Å². The first-order valence-electron chi connectivity index (χ1n) is 9.24. The van der Waals surface area contributed by atoms with E-state index in [-0.39, 0.29) is 29.5 Å². The zero-order valence-electron chi connectivity index (χ0n) is 16.7. The quantitative estimate of drug-likeness (QED) is 0.534. The number of carbonyl (C=O) groups excluding carboxylic acids is 2. The van der Waals surface area contributed by atoms with Gasteiger partial charge in [-0.15, -0.1) is 0 Å². The number of esters is 1. The minimum atomic E-state index is -3.36. The zero-order chi connectivity index (χ0) is 22.2. The van der Waals surface area contributed by atoms with E-state index < -0.39 is 21.7 Å². The number of ether oxygens (including phenoxy) is 3. The summed E-state index contributed by atoms with van der Waals surface area (Å²) >= 11 is 1.21. The molecule has 0 N–H and O–H groups in total. The van der Waals surface area contributed by atoms with Crippen molar-refractivity contribution in [3.63, 3.8) is 0 Å². The summed E-state index contributed by atoms with van der Waals surface area (Å²) in [5.74, 6) is 0.0160. The van der Waals surface area contributed by atoms with Gasteiger partial charge >= 0.3 is 5.97 Å². The Kier molecular flexibility index (Phi) is 5.54. The van der Waals surface area contributed by atoms with E-state index in [1.54, 1.807) is 23.6 Å². The maximum absolute atomic E-state index is 12.7. The topological polar surface area (TPSA) is 113 Å². The zero-order valence-corrected chi connectivity index (χ0v) is 18.3. The first-order valence-corrected chi connectivity index (χ1v) is 11.7. The largest absolute Gasteiger partial charge is 0.468 e. The van der Waals surface area contributed by atoms with Gasteiger partial charge in [0.1, 0.15) is 6.54 Å². The normalized spacial score (nSPS) is 13.5. The number of aromatic nitrogens is 1. The maximum atomic E-state index is 12.7. The van der Waals surface area contributed by atoms with Crippen molar-refractivity contribution in [1.29, 1.82) is 0 Å². The Morgan fingerprint density at radius 2 is 1.84 bits per heavy atom. The van der Waals surface area contributed by atoms with Crippen molar-refractivity contribution in [2.45, 2.75) is 18.4 Å². The van der Waals surface area contributed by atoms with Gasteiger partial charge in [0.05, 0.1) is 28.0 Å². The van der Waals surface area contributed by atoms with E-state index in [1.807, 2.05) is 0 Å². The number of hydrogen-bond acceptors (Lipinski definition) is 8. The summed E-state index contributed by atoms with van der Waals surface area (Å²) in [5, 5.41) is 0. The number of methoxy groups -OCH3 is 1. The predicted molar refractivity (Wildman–Crippen MR) is 112 cm³/mol. The number of nitrogens with zero attached hydrogens (tertiary/aromatic N) is 2. The van der Waals surface area contributed by atoms with Crippen LogP contribution in [0.1, 0.15) is 17.3 Å². The Labute approximate surface area is 181 Å². The van der Waals surface area contributed by atoms with Gasteiger partial charge in [0, 0.05) is 17.7 Å². The molecule has 0 fully saturated rings. The fourth-order valence-electron chi connectivity index (χ4n) is 3.01. The van der Waals surface area contributed by atoms with Gasteiger partial charge in [-0.05, 0) is 24.3 Å². The third kappa shape index (κ3) is 4.06. The first-order chi connectivity index (χ1) is 14.8. The highest BCUT2D eigenvalue weighted by molar-refractivity contribution is 7.91. The van der Waals surface area contributed by atoms with Gasteiger partial charge < -0.3 is 18.8 Å². The molecule has 1 aliphatic heterocycles. The number of thiazole rings is 1. The van der Waals surface area contributed by atoms with E-state index in [2.05, 4.69) is 4.99 Å². The van der Waals surface area contributed by atoms with Crippen LogP contribution in [0.25, 0.3) is 10.2 Å². The van der Waals surface area contributed by atoms with Crippen LogP contribution in [0.4, 0.5) is 0 Å². The standard InChI is InChI=1S/C20H18N2O7S2/c1-3-31(25,26)13-6-4-12(5-7-13)19(24)21-20-22(10-18(23)27-2)14-8-15-16(29-11-28-15)9-17(14)30-20/h4-9H,3,10-11H2,1-2H3. The maximum Gasteiger partial charge on any atom is 0.325 e. The Hall–Kier alpha value is -3.18. The summed E-state index contributed by atoms with van der Waals surface area (Å²) in [6, 6.07) is 9.10. The SMILES string of the molecule is CCS(=O)(=O)c1ccc(C(=O)N=c2sc3cc4c(cc3n2CC(=O)OC)OCO4)cc1. The highest BCUT2D eigenvalue weighted by atomic mass is 32.2. The van der Waals surface area contributed by atoms with E-state index in [1.165, 1.54) is 42.7 Å². The Balaban J connectivity index is 1.78. The Bertz CT molecular complexity index is 1350. The lowest BCUT2D eigenvalue weighted by Gasteiger charge is -2.04. The summed E-state index contributed by atoms with van der Waals surface area (Å²) in [7, 11) is -2.09. The molecule has 2 heterocycles. The van der Waals surface area contributed by atoms with Crippen molar-refractivity contribution in [3.05, 3.63) is 46.8 Å². The summed E-state index contributed by atoms with van der Waals surface area (Å²) in [4.78, 5) is 29.3. The molecule has 0 saturated heterocycles. The number of rotatable bonds is 5. The molecule has 31 heavy (non-hydrogen) atoms. The molecular formula is C20H18N2O7S2. The molecule has 1 aliphatic rings. The molecule has 4 rings (SSSR count). The van der Waals surface area contributed by atoms with Crippen molar-refractivity contribution >= 4 is 43.3 Å². The molecule has 11 heteroatoms. The van der Waals surface area contributed by atoms with Crippen LogP contribution in [0.2, 0.25) is 0 Å². The molecule has 0 bridgehead atoms. The lowest BCUT2D eigenvalue weighted by atomic mass is 10.2. The molecule has 2 aromatic carbocycles. The van der Waals surface area contributed by atoms with Gasteiger partial charge in [-0.1, -0.05) is 18.3 Å². The third-order valence-corrected chi connectivity index (χ3v) is 7.52. The summed E-state index contributed by atoms with van der Waals surface area (Å²) < 4.78 is 41.8. The van der Waals surface area contributed by atoms with Crippen LogP contribution < -0.4 is 14.3 Å². The monoisotopic (exact) mass is 462 g/mol. The van der Waals surface area contributed by atoms with Crippen molar-refractivity contribution < 1.29 is 32.2 Å². The lowest BCUT2D eigenvalue weighted by molar-refractivity contribution is -0.141. The van der Waals surface area contributed by atoms with Crippen LogP contribution in [-0.2, 0) is 25.9 Å². The number of benzene rings is 2. The van der Waals surface area contributed by atoms with Crippen LogP contribution >= 0.6 is 11.3 Å². The fourth-order valence-corrected chi connectivity index (χ4v) is 4.94. The Morgan fingerprint density at radius 3 is 2.48 bits per heavy atom. The summed E-state index contributed by atoms with van der Waals surface area (Å²) in [6.45, 7) is 1.52. The van der Waals surface area contributed by atoms with Crippen molar-refractivity contribution in [1.82, 2.24) is 4.57 Å². The average Bonchev–Trinajstić information content (AvgIpc) is 3.36. The smallest absolute Gasteiger partial charge is 0.325 e. The molecule has 162 valence electrons. The third-order valence-electron chi connectivity index (χ3n) is 4.73. The molecule has 1 aromatic heterocycles. The van der Waals surface area contributed by atoms with Gasteiger partial charge in [-0.2, -0.15) is 4.99 Å². The van der Waals surface area contributed by atoms with Gasteiger partial charge in [0.25, 0.3) is 5.91 Å². The summed E-state index contributed by atoms with van der Waals surface area (Å²) in [6.07, 6.45) is 0. The average molecular weight is 463 g/mol. The van der Waals surface area contributed by atoms with Gasteiger partial charge in [0.15, 0.2) is 26.1 Å². The molecular weight excluding hydrogens is 444 g/mol. The number of sulfone groups is 1. The van der Waals surface area contributed by atoms with Crippen LogP contribution in [0.3, 0.4) is 0 Å². The van der Waals surface area contributed by atoms with E-state index in [9.17, 15) is 18.0 Å². The van der Waals surface area contributed by atoms with E-state index >= 15 is 0 Å². The highest BCUT2D eigenvalue weighted by Crippen LogP contribution is 2.37. The van der Waals surface area contributed by atoms with Crippen LogP contribution in [-0.4, -0.2) is 44.5 Å². The van der Waals surface area contributed by atoms with Gasteiger partial charge in [0.2, 0.25) is 6.79 Å². The molecule has 3 aromatic rings. The highest BCUT2D eigenvalue weighted by Gasteiger charge is 2.19. The van der Waals surface area contributed by atoms with Gasteiger partial charge in [-0.3, -0.25) is 9.59 Å². The number of carbonyl (C=O) groups is 2. The number of amides is 1. The molecule has 9 nitrogen and oxygen atoms in total. The molecule has 1 amide bonds. The first kappa shape index (κ1) is 21.1. The second-order valence-electron chi connectivity index (χ2n) is 6.56. The fraction of sp³-hybridized carbons (Fsp3) is 0.250. The number of hydrogen-bond donors (Lipinski definition) is 0.